The lowest BCUT2D eigenvalue weighted by molar-refractivity contribution is -0.0480. The molecule has 4 nitrogen and oxygen atoms in total. The quantitative estimate of drug-likeness (QED) is 0.926. The molecule has 0 saturated carbocycles. The lowest BCUT2D eigenvalue weighted by Gasteiger charge is -2.44. The molecule has 4 heteroatoms. The molecule has 0 amide bonds. The van der Waals surface area contributed by atoms with Crippen LogP contribution in [-0.4, -0.2) is 32.4 Å². The van der Waals surface area contributed by atoms with Crippen molar-refractivity contribution in [3.8, 4) is 11.5 Å². The van der Waals surface area contributed by atoms with Crippen molar-refractivity contribution in [1.82, 2.24) is 5.32 Å². The van der Waals surface area contributed by atoms with Gasteiger partial charge in [0.2, 0.25) is 0 Å². The Kier molecular flexibility index (Phi) is 4.59. The zero-order chi connectivity index (χ0) is 15.6. The van der Waals surface area contributed by atoms with Crippen molar-refractivity contribution in [3.63, 3.8) is 0 Å². The van der Waals surface area contributed by atoms with Crippen molar-refractivity contribution in [3.05, 3.63) is 23.8 Å². The summed E-state index contributed by atoms with van der Waals surface area (Å²) in [5.74, 6) is 2.37. The lowest BCUT2D eigenvalue weighted by Crippen LogP contribution is -2.49. The Balaban J connectivity index is 1.82. The third-order valence-corrected chi connectivity index (χ3v) is 4.59. The van der Waals surface area contributed by atoms with E-state index in [2.05, 4.69) is 25.2 Å². The van der Waals surface area contributed by atoms with E-state index in [0.29, 0.717) is 5.92 Å². The molecule has 1 atom stereocenters. The van der Waals surface area contributed by atoms with Gasteiger partial charge in [0.25, 0.3) is 0 Å². The number of nitrogens with one attached hydrogen (secondary N) is 1. The molecule has 1 spiro atoms. The van der Waals surface area contributed by atoms with Gasteiger partial charge in [0.05, 0.1) is 12.7 Å². The Bertz CT molecular complexity index is 509. The second kappa shape index (κ2) is 6.47. The number of hydrogen-bond acceptors (Lipinski definition) is 4. The van der Waals surface area contributed by atoms with Crippen LogP contribution < -0.4 is 14.8 Å². The number of methoxy groups -OCH3 is 1. The number of rotatable bonds is 4. The first-order valence-electron chi connectivity index (χ1n) is 8.31. The average molecular weight is 305 g/mol. The molecule has 1 aromatic carbocycles. The zero-order valence-electron chi connectivity index (χ0n) is 13.9. The Morgan fingerprint density at radius 3 is 2.77 bits per heavy atom. The van der Waals surface area contributed by atoms with E-state index in [1.54, 1.807) is 7.11 Å². The van der Waals surface area contributed by atoms with Gasteiger partial charge in [-0.2, -0.15) is 0 Å². The molecule has 3 rings (SSSR count). The van der Waals surface area contributed by atoms with E-state index >= 15 is 0 Å². The standard InChI is InChI=1S/C18H27NO3/c1-13(2)12-21-14-4-5-16-15(10-14)17(20-3)11-18(22-16)6-8-19-9-7-18/h4-5,10,13,17,19H,6-9,11-12H2,1-3H3. The topological polar surface area (TPSA) is 39.7 Å². The Morgan fingerprint density at radius 1 is 1.32 bits per heavy atom. The first-order valence-corrected chi connectivity index (χ1v) is 8.31. The highest BCUT2D eigenvalue weighted by Gasteiger charge is 2.42. The number of ether oxygens (including phenoxy) is 3. The maximum Gasteiger partial charge on any atom is 0.126 e. The summed E-state index contributed by atoms with van der Waals surface area (Å²) in [7, 11) is 1.79. The molecule has 0 radical (unpaired) electrons. The van der Waals surface area contributed by atoms with Gasteiger partial charge >= 0.3 is 0 Å². The predicted octanol–water partition coefficient (Wildman–Crippen LogP) is 3.31. The minimum Gasteiger partial charge on any atom is -0.493 e. The minimum absolute atomic E-state index is 0.0702. The van der Waals surface area contributed by atoms with E-state index in [4.69, 9.17) is 14.2 Å². The first-order chi connectivity index (χ1) is 10.6. The molecule has 1 N–H and O–H groups in total. The van der Waals surface area contributed by atoms with Crippen LogP contribution in [0.4, 0.5) is 0 Å². The van der Waals surface area contributed by atoms with Gasteiger partial charge in [0, 0.05) is 19.1 Å². The molecule has 22 heavy (non-hydrogen) atoms. The molecule has 122 valence electrons. The van der Waals surface area contributed by atoms with Gasteiger partial charge in [-0.15, -0.1) is 0 Å². The summed E-state index contributed by atoms with van der Waals surface area (Å²) in [6, 6.07) is 6.13. The van der Waals surface area contributed by atoms with Crippen LogP contribution >= 0.6 is 0 Å². The van der Waals surface area contributed by atoms with E-state index in [9.17, 15) is 0 Å². The van der Waals surface area contributed by atoms with Crippen molar-refractivity contribution in [2.75, 3.05) is 26.8 Å². The Morgan fingerprint density at radius 2 is 2.09 bits per heavy atom. The lowest BCUT2D eigenvalue weighted by atomic mass is 9.82. The van der Waals surface area contributed by atoms with Crippen LogP contribution in [0.3, 0.4) is 0 Å². The summed E-state index contributed by atoms with van der Waals surface area (Å²) in [6.45, 7) is 7.07. The second-order valence-electron chi connectivity index (χ2n) is 6.87. The summed E-state index contributed by atoms with van der Waals surface area (Å²) in [5, 5.41) is 3.41. The summed E-state index contributed by atoms with van der Waals surface area (Å²) in [5.41, 5.74) is 1.05. The molecule has 2 aliphatic rings. The zero-order valence-corrected chi connectivity index (χ0v) is 13.9. The molecule has 0 aliphatic carbocycles. The fourth-order valence-electron chi connectivity index (χ4n) is 3.35. The molecule has 1 unspecified atom stereocenters. The minimum atomic E-state index is -0.0702. The summed E-state index contributed by atoms with van der Waals surface area (Å²) in [6.07, 6.45) is 3.09. The van der Waals surface area contributed by atoms with Gasteiger partial charge in [0.1, 0.15) is 17.1 Å². The summed E-state index contributed by atoms with van der Waals surface area (Å²) >= 11 is 0. The van der Waals surface area contributed by atoms with Crippen LogP contribution in [0.25, 0.3) is 0 Å². The van der Waals surface area contributed by atoms with Gasteiger partial charge < -0.3 is 19.5 Å². The van der Waals surface area contributed by atoms with Crippen molar-refractivity contribution >= 4 is 0 Å². The number of piperidine rings is 1. The fourth-order valence-corrected chi connectivity index (χ4v) is 3.35. The maximum absolute atomic E-state index is 6.40. The van der Waals surface area contributed by atoms with Gasteiger partial charge in [-0.25, -0.2) is 0 Å². The van der Waals surface area contributed by atoms with Crippen LogP contribution in [0.15, 0.2) is 18.2 Å². The van der Waals surface area contributed by atoms with E-state index < -0.39 is 0 Å². The van der Waals surface area contributed by atoms with E-state index in [0.717, 1.165) is 56.0 Å². The van der Waals surface area contributed by atoms with E-state index in [-0.39, 0.29) is 11.7 Å². The van der Waals surface area contributed by atoms with Crippen LogP contribution in [0.2, 0.25) is 0 Å². The third-order valence-electron chi connectivity index (χ3n) is 4.59. The highest BCUT2D eigenvalue weighted by molar-refractivity contribution is 5.44. The average Bonchev–Trinajstić information content (AvgIpc) is 2.53. The fraction of sp³-hybridized carbons (Fsp3) is 0.667. The van der Waals surface area contributed by atoms with Crippen molar-refractivity contribution in [1.29, 1.82) is 0 Å². The monoisotopic (exact) mass is 305 g/mol. The van der Waals surface area contributed by atoms with Crippen molar-refractivity contribution in [2.45, 2.75) is 44.8 Å². The SMILES string of the molecule is COC1CC2(CCNCC2)Oc2ccc(OCC(C)C)cc21. The van der Waals surface area contributed by atoms with Gasteiger partial charge in [-0.05, 0) is 50.0 Å². The van der Waals surface area contributed by atoms with Crippen LogP contribution in [0.1, 0.15) is 44.8 Å². The molecule has 2 aliphatic heterocycles. The smallest absolute Gasteiger partial charge is 0.126 e. The number of hydrogen-bond donors (Lipinski definition) is 1. The first kappa shape index (κ1) is 15.6. The molecule has 1 fully saturated rings. The van der Waals surface area contributed by atoms with Gasteiger partial charge in [0.15, 0.2) is 0 Å². The molecule has 1 saturated heterocycles. The highest BCUT2D eigenvalue weighted by Crippen LogP contribution is 2.45. The summed E-state index contributed by atoms with van der Waals surface area (Å²) < 4.78 is 18.0. The van der Waals surface area contributed by atoms with E-state index in [1.165, 1.54) is 0 Å². The van der Waals surface area contributed by atoms with Crippen molar-refractivity contribution < 1.29 is 14.2 Å². The second-order valence-corrected chi connectivity index (χ2v) is 6.87. The number of benzene rings is 1. The van der Waals surface area contributed by atoms with Crippen molar-refractivity contribution in [2.24, 2.45) is 5.92 Å². The maximum atomic E-state index is 6.40. The third kappa shape index (κ3) is 3.23. The molecule has 0 aromatic heterocycles. The van der Waals surface area contributed by atoms with Gasteiger partial charge in [-0.3, -0.25) is 0 Å². The molecule has 2 heterocycles. The summed E-state index contributed by atoms with van der Waals surface area (Å²) in [4.78, 5) is 0. The van der Waals surface area contributed by atoms with Crippen LogP contribution in [0.5, 0.6) is 11.5 Å². The molecule has 1 aromatic rings. The Hall–Kier alpha value is -1.26. The number of fused-ring (bicyclic) bond motifs is 1. The molecule has 0 bridgehead atoms. The van der Waals surface area contributed by atoms with E-state index in [1.807, 2.05) is 12.1 Å². The Labute approximate surface area is 133 Å². The normalized spacial score (nSPS) is 23.2. The van der Waals surface area contributed by atoms with Crippen LogP contribution in [0, 0.1) is 5.92 Å². The molecular formula is C18H27NO3. The van der Waals surface area contributed by atoms with Gasteiger partial charge in [-0.1, -0.05) is 13.8 Å². The largest absolute Gasteiger partial charge is 0.493 e. The van der Waals surface area contributed by atoms with Crippen LogP contribution in [-0.2, 0) is 4.74 Å². The highest BCUT2D eigenvalue weighted by atomic mass is 16.5. The predicted molar refractivity (Wildman–Crippen MR) is 86.6 cm³/mol. The molecular weight excluding hydrogens is 278 g/mol.